The first kappa shape index (κ1) is 25.7. The molecule has 10 nitrogen and oxygen atoms in total. The van der Waals surface area contributed by atoms with Crippen LogP contribution in [-0.4, -0.2) is 53.7 Å². The van der Waals surface area contributed by atoms with Gasteiger partial charge < -0.3 is 24.4 Å². The first-order chi connectivity index (χ1) is 17.7. The Morgan fingerprint density at radius 2 is 1.92 bits per heavy atom. The fourth-order valence-corrected chi connectivity index (χ4v) is 5.04. The monoisotopic (exact) mass is 524 g/mol. The van der Waals surface area contributed by atoms with Gasteiger partial charge in [0.25, 0.3) is 5.78 Å². The van der Waals surface area contributed by atoms with Crippen LogP contribution in [0, 0.1) is 6.92 Å². The number of carbonyl (C=O) groups excluding carboxylic acids is 3. The lowest BCUT2D eigenvalue weighted by Gasteiger charge is -2.23. The van der Waals surface area contributed by atoms with E-state index >= 15 is 0 Å². The number of nitrogens with zero attached hydrogens (tertiary/aromatic N) is 2. The standard InChI is InChI=1S/C26H24N2O8S/c1-5-36-16-8-6-7-15(11-16)21(30)19-20(14-9-10-17(29)18(12-14)34-3)28(24(32)22(19)31)26-27-13(2)23(37-26)25(33)35-4/h6-12,20,29-30H,5H2,1-4H3/b21-19+. The van der Waals surface area contributed by atoms with Crippen molar-refractivity contribution in [2.24, 2.45) is 0 Å². The van der Waals surface area contributed by atoms with Crippen molar-refractivity contribution in [3.63, 3.8) is 0 Å². The summed E-state index contributed by atoms with van der Waals surface area (Å²) in [5, 5.41) is 21.5. The van der Waals surface area contributed by atoms with Crippen LogP contribution >= 0.6 is 11.3 Å². The van der Waals surface area contributed by atoms with Gasteiger partial charge >= 0.3 is 11.9 Å². The molecule has 0 spiro atoms. The highest BCUT2D eigenvalue weighted by atomic mass is 32.1. The van der Waals surface area contributed by atoms with Gasteiger partial charge in [-0.3, -0.25) is 14.5 Å². The van der Waals surface area contributed by atoms with Crippen LogP contribution < -0.4 is 14.4 Å². The minimum Gasteiger partial charge on any atom is -0.507 e. The number of thiazole rings is 1. The number of aliphatic hydroxyl groups is 1. The molecule has 0 radical (unpaired) electrons. The molecule has 1 atom stereocenters. The molecule has 3 aromatic rings. The van der Waals surface area contributed by atoms with Gasteiger partial charge in [-0.1, -0.05) is 29.5 Å². The Morgan fingerprint density at radius 3 is 2.59 bits per heavy atom. The van der Waals surface area contributed by atoms with Crippen LogP contribution in [0.2, 0.25) is 0 Å². The van der Waals surface area contributed by atoms with Crippen LogP contribution in [-0.2, 0) is 14.3 Å². The number of hydrogen-bond acceptors (Lipinski definition) is 10. The largest absolute Gasteiger partial charge is 0.507 e. The number of esters is 1. The van der Waals surface area contributed by atoms with E-state index in [9.17, 15) is 24.6 Å². The molecule has 0 saturated carbocycles. The Balaban J connectivity index is 1.95. The van der Waals surface area contributed by atoms with E-state index in [4.69, 9.17) is 14.2 Å². The Labute approximate surface area is 216 Å². The first-order valence-electron chi connectivity index (χ1n) is 11.2. The van der Waals surface area contributed by atoms with Crippen molar-refractivity contribution in [3.05, 3.63) is 69.7 Å². The maximum atomic E-state index is 13.4. The summed E-state index contributed by atoms with van der Waals surface area (Å²) in [5.41, 5.74) is 0.758. The van der Waals surface area contributed by atoms with Crippen molar-refractivity contribution in [1.82, 2.24) is 4.98 Å². The van der Waals surface area contributed by atoms with Crippen molar-refractivity contribution < 1.29 is 38.8 Å². The van der Waals surface area contributed by atoms with E-state index in [1.165, 1.54) is 32.4 Å². The highest BCUT2D eigenvalue weighted by Gasteiger charge is 2.48. The predicted octanol–water partition coefficient (Wildman–Crippen LogP) is 3.98. The number of aromatic hydroxyl groups is 1. The Hall–Kier alpha value is -4.38. The Bertz CT molecular complexity index is 1430. The highest BCUT2D eigenvalue weighted by Crippen LogP contribution is 2.45. The van der Waals surface area contributed by atoms with E-state index in [0.29, 0.717) is 23.6 Å². The van der Waals surface area contributed by atoms with Crippen LogP contribution in [0.3, 0.4) is 0 Å². The molecule has 11 heteroatoms. The lowest BCUT2D eigenvalue weighted by molar-refractivity contribution is -0.132. The van der Waals surface area contributed by atoms with Crippen molar-refractivity contribution in [1.29, 1.82) is 0 Å². The zero-order chi connectivity index (χ0) is 26.9. The lowest BCUT2D eigenvalue weighted by Crippen LogP contribution is -2.29. The second kappa shape index (κ2) is 10.3. The molecule has 1 aliphatic heterocycles. The van der Waals surface area contributed by atoms with Gasteiger partial charge in [-0.25, -0.2) is 9.78 Å². The second-order valence-corrected chi connectivity index (χ2v) is 8.94. The number of rotatable bonds is 7. The summed E-state index contributed by atoms with van der Waals surface area (Å²) in [5.74, 6) is -2.50. The molecule has 2 aromatic carbocycles. The number of amides is 1. The van der Waals surface area contributed by atoms with Crippen LogP contribution in [0.1, 0.15) is 39.5 Å². The molecule has 1 unspecified atom stereocenters. The van der Waals surface area contributed by atoms with Crippen LogP contribution in [0.4, 0.5) is 5.13 Å². The number of aliphatic hydroxyl groups excluding tert-OH is 1. The van der Waals surface area contributed by atoms with E-state index < -0.39 is 29.5 Å². The maximum absolute atomic E-state index is 13.4. The van der Waals surface area contributed by atoms with Crippen molar-refractivity contribution in [3.8, 4) is 17.2 Å². The number of phenols is 1. The van der Waals surface area contributed by atoms with Gasteiger partial charge in [-0.15, -0.1) is 0 Å². The van der Waals surface area contributed by atoms with Crippen molar-refractivity contribution in [2.45, 2.75) is 19.9 Å². The number of aryl methyl sites for hydroxylation is 1. The summed E-state index contributed by atoms with van der Waals surface area (Å²) < 4.78 is 15.5. The molecule has 2 N–H and O–H groups in total. The topological polar surface area (TPSA) is 135 Å². The zero-order valence-electron chi connectivity index (χ0n) is 20.5. The molecular formula is C26H24N2O8S. The van der Waals surface area contributed by atoms with Gasteiger partial charge in [-0.2, -0.15) is 0 Å². The quantitative estimate of drug-likeness (QED) is 0.204. The number of Topliss-reactive ketones (excluding diaryl/α,β-unsaturated/α-hetero) is 1. The third-order valence-corrected chi connectivity index (χ3v) is 6.88. The number of methoxy groups -OCH3 is 2. The number of benzene rings is 2. The van der Waals surface area contributed by atoms with Gasteiger partial charge in [-0.05, 0) is 43.7 Å². The smallest absolute Gasteiger partial charge is 0.350 e. The van der Waals surface area contributed by atoms with E-state index in [2.05, 4.69) is 4.98 Å². The normalized spacial score (nSPS) is 16.6. The molecule has 4 rings (SSSR count). The summed E-state index contributed by atoms with van der Waals surface area (Å²) in [6.45, 7) is 3.80. The van der Waals surface area contributed by atoms with E-state index in [0.717, 1.165) is 16.2 Å². The highest BCUT2D eigenvalue weighted by molar-refractivity contribution is 7.17. The third kappa shape index (κ3) is 4.60. The fourth-order valence-electron chi connectivity index (χ4n) is 4.03. The third-order valence-electron chi connectivity index (χ3n) is 5.74. The van der Waals surface area contributed by atoms with Crippen LogP contribution in [0.15, 0.2) is 48.0 Å². The molecule has 1 aromatic heterocycles. The SMILES string of the molecule is CCOc1cccc(/C(O)=C2\C(=O)C(=O)N(c3nc(C)c(C(=O)OC)s3)C2c2ccc(O)c(OC)c2)c1. The summed E-state index contributed by atoms with van der Waals surface area (Å²) in [7, 11) is 2.59. The van der Waals surface area contributed by atoms with Gasteiger partial charge in [0.15, 0.2) is 16.6 Å². The molecule has 1 fully saturated rings. The molecule has 1 saturated heterocycles. The summed E-state index contributed by atoms with van der Waals surface area (Å²) in [6.07, 6.45) is 0. The number of anilines is 1. The number of aromatic nitrogens is 1. The maximum Gasteiger partial charge on any atom is 0.350 e. The minimum atomic E-state index is -1.14. The number of ketones is 1. The van der Waals surface area contributed by atoms with E-state index in [1.54, 1.807) is 31.2 Å². The van der Waals surface area contributed by atoms with Crippen molar-refractivity contribution in [2.75, 3.05) is 25.7 Å². The molecule has 1 amide bonds. The zero-order valence-corrected chi connectivity index (χ0v) is 21.3. The number of carbonyl (C=O) groups is 3. The van der Waals surface area contributed by atoms with E-state index in [-0.39, 0.29) is 32.6 Å². The summed E-state index contributed by atoms with van der Waals surface area (Å²) in [4.78, 5) is 44.6. The molecule has 192 valence electrons. The lowest BCUT2D eigenvalue weighted by atomic mass is 9.95. The molecule has 0 bridgehead atoms. The Morgan fingerprint density at radius 1 is 1.16 bits per heavy atom. The fraction of sp³-hybridized carbons (Fsp3) is 0.231. The van der Waals surface area contributed by atoms with Gasteiger partial charge in [0.2, 0.25) is 0 Å². The van der Waals surface area contributed by atoms with Crippen molar-refractivity contribution >= 4 is 39.9 Å². The van der Waals surface area contributed by atoms with Gasteiger partial charge in [0.1, 0.15) is 16.4 Å². The van der Waals surface area contributed by atoms with Crippen LogP contribution in [0.5, 0.6) is 17.2 Å². The number of phenolic OH excluding ortho intramolecular Hbond substituents is 1. The number of hydrogen-bond donors (Lipinski definition) is 2. The minimum absolute atomic E-state index is 0.0687. The second-order valence-electron chi connectivity index (χ2n) is 7.96. The molecule has 1 aliphatic rings. The van der Waals surface area contributed by atoms with Crippen LogP contribution in [0.25, 0.3) is 5.76 Å². The molecule has 2 heterocycles. The predicted molar refractivity (Wildman–Crippen MR) is 135 cm³/mol. The Kier molecular flexibility index (Phi) is 7.16. The molecular weight excluding hydrogens is 500 g/mol. The first-order valence-corrected chi connectivity index (χ1v) is 12.0. The molecule has 37 heavy (non-hydrogen) atoms. The molecule has 0 aliphatic carbocycles. The summed E-state index contributed by atoms with van der Waals surface area (Å²) >= 11 is 0.888. The average molecular weight is 525 g/mol. The number of ether oxygens (including phenoxy) is 3. The average Bonchev–Trinajstić information content (AvgIpc) is 3.40. The van der Waals surface area contributed by atoms with Gasteiger partial charge in [0, 0.05) is 5.56 Å². The van der Waals surface area contributed by atoms with Gasteiger partial charge in [0.05, 0.1) is 38.1 Å². The summed E-state index contributed by atoms with van der Waals surface area (Å²) in [6, 6.07) is 9.69. The van der Waals surface area contributed by atoms with E-state index in [1.807, 2.05) is 6.92 Å².